The molecule has 4 heterocycles. The van der Waals surface area contributed by atoms with Gasteiger partial charge in [0.1, 0.15) is 0 Å². The van der Waals surface area contributed by atoms with E-state index in [2.05, 4.69) is 68.1 Å². The van der Waals surface area contributed by atoms with Crippen molar-refractivity contribution in [3.05, 3.63) is 53.4 Å². The number of rotatable bonds is 3. The van der Waals surface area contributed by atoms with Crippen molar-refractivity contribution in [2.24, 2.45) is 0 Å². The highest BCUT2D eigenvalue weighted by atomic mass is 32.2. The van der Waals surface area contributed by atoms with Crippen molar-refractivity contribution in [1.29, 1.82) is 0 Å². The lowest BCUT2D eigenvalue weighted by Gasteiger charge is -1.91. The van der Waals surface area contributed by atoms with E-state index in [1.807, 2.05) is 34.0 Å². The van der Waals surface area contributed by atoms with Gasteiger partial charge in [0, 0.05) is 34.1 Å². The molecule has 0 radical (unpaired) electrons. The average molecular weight is 377 g/mol. The van der Waals surface area contributed by atoms with Crippen LogP contribution in [0.1, 0.15) is 4.88 Å². The van der Waals surface area contributed by atoms with Crippen LogP contribution in [-0.2, 0) is 0 Å². The molecule has 0 amide bonds. The van der Waals surface area contributed by atoms with E-state index in [-0.39, 0.29) is 0 Å². The maximum absolute atomic E-state index is 4.40. The molecular formula is C17H12S5. The fourth-order valence-corrected chi connectivity index (χ4v) is 6.50. The molecule has 0 aliphatic heterocycles. The number of thiol groups is 1. The van der Waals surface area contributed by atoms with E-state index in [0.717, 1.165) is 4.21 Å². The van der Waals surface area contributed by atoms with Crippen LogP contribution < -0.4 is 0 Å². The van der Waals surface area contributed by atoms with Crippen LogP contribution in [0, 0.1) is 6.92 Å². The van der Waals surface area contributed by atoms with Crippen molar-refractivity contribution < 1.29 is 0 Å². The highest BCUT2D eigenvalue weighted by Gasteiger charge is 2.10. The van der Waals surface area contributed by atoms with Crippen LogP contribution in [0.4, 0.5) is 0 Å². The van der Waals surface area contributed by atoms with Crippen LogP contribution in [-0.4, -0.2) is 0 Å². The van der Waals surface area contributed by atoms with Gasteiger partial charge in [-0.2, -0.15) is 0 Å². The predicted octanol–water partition coefficient (Wildman–Crippen LogP) is 7.53. The van der Waals surface area contributed by atoms with Gasteiger partial charge < -0.3 is 0 Å². The molecule has 22 heavy (non-hydrogen) atoms. The van der Waals surface area contributed by atoms with Crippen LogP contribution in [0.25, 0.3) is 29.3 Å². The molecule has 4 aromatic rings. The Bertz CT molecular complexity index is 842. The summed E-state index contributed by atoms with van der Waals surface area (Å²) < 4.78 is 1.07. The van der Waals surface area contributed by atoms with Crippen LogP contribution >= 0.6 is 58.0 Å². The smallest absolute Gasteiger partial charge is 0.0574 e. The maximum atomic E-state index is 4.40. The molecule has 0 unspecified atom stereocenters. The molecule has 4 rings (SSSR count). The molecule has 0 bridgehead atoms. The fraction of sp³-hybridized carbons (Fsp3) is 0.0588. The number of hydrogen-bond acceptors (Lipinski definition) is 5. The van der Waals surface area contributed by atoms with Crippen LogP contribution in [0.15, 0.2) is 52.7 Å². The lowest BCUT2D eigenvalue weighted by Crippen LogP contribution is -1.58. The molecule has 5 heteroatoms. The van der Waals surface area contributed by atoms with Crippen molar-refractivity contribution in [1.82, 2.24) is 0 Å². The average Bonchev–Trinajstić information content (AvgIpc) is 3.24. The van der Waals surface area contributed by atoms with Crippen molar-refractivity contribution in [3.63, 3.8) is 0 Å². The van der Waals surface area contributed by atoms with Crippen LogP contribution in [0.5, 0.6) is 0 Å². The molecule has 0 aromatic carbocycles. The molecule has 0 atom stereocenters. The highest BCUT2D eigenvalue weighted by molar-refractivity contribution is 7.83. The number of thiophene rings is 4. The van der Waals surface area contributed by atoms with E-state index in [9.17, 15) is 0 Å². The fourth-order valence-electron chi connectivity index (χ4n) is 2.23. The van der Waals surface area contributed by atoms with Gasteiger partial charge in [-0.1, -0.05) is 0 Å². The first kappa shape index (κ1) is 14.7. The Morgan fingerprint density at radius 3 is 1.36 bits per heavy atom. The van der Waals surface area contributed by atoms with Gasteiger partial charge in [0.2, 0.25) is 0 Å². The summed E-state index contributed by atoms with van der Waals surface area (Å²) in [6.07, 6.45) is 0. The van der Waals surface area contributed by atoms with Crippen molar-refractivity contribution in [3.8, 4) is 29.3 Å². The number of hydrogen-bond donors (Lipinski definition) is 1. The Morgan fingerprint density at radius 1 is 0.545 bits per heavy atom. The molecule has 110 valence electrons. The van der Waals surface area contributed by atoms with Crippen molar-refractivity contribution >= 4 is 58.0 Å². The molecular weight excluding hydrogens is 365 g/mol. The van der Waals surface area contributed by atoms with Gasteiger partial charge in [0.25, 0.3) is 0 Å². The van der Waals surface area contributed by atoms with Crippen molar-refractivity contribution in [2.75, 3.05) is 0 Å². The summed E-state index contributed by atoms with van der Waals surface area (Å²) in [5, 5.41) is 0. The molecule has 0 nitrogen and oxygen atoms in total. The lowest BCUT2D eigenvalue weighted by atomic mass is 10.3. The Kier molecular flexibility index (Phi) is 4.00. The molecule has 0 aliphatic rings. The second-order valence-electron chi connectivity index (χ2n) is 4.88. The zero-order valence-electron chi connectivity index (χ0n) is 11.7. The zero-order chi connectivity index (χ0) is 15.1. The minimum Gasteiger partial charge on any atom is -0.140 e. The quantitative estimate of drug-likeness (QED) is 0.351. The topological polar surface area (TPSA) is 0 Å². The maximum Gasteiger partial charge on any atom is 0.0574 e. The summed E-state index contributed by atoms with van der Waals surface area (Å²) >= 11 is 11.7. The molecule has 0 spiro atoms. The summed E-state index contributed by atoms with van der Waals surface area (Å²) in [6, 6.07) is 17.5. The number of aryl methyl sites for hydroxylation is 1. The van der Waals surface area contributed by atoms with Gasteiger partial charge in [-0.3, -0.25) is 0 Å². The van der Waals surface area contributed by atoms with Crippen LogP contribution in [0.2, 0.25) is 0 Å². The summed E-state index contributed by atoms with van der Waals surface area (Å²) in [5.74, 6) is 0. The summed E-state index contributed by atoms with van der Waals surface area (Å²) in [6.45, 7) is 2.16. The molecule has 0 N–H and O–H groups in total. The monoisotopic (exact) mass is 376 g/mol. The summed E-state index contributed by atoms with van der Waals surface area (Å²) in [5.41, 5.74) is 0. The third-order valence-electron chi connectivity index (χ3n) is 3.27. The predicted molar refractivity (Wildman–Crippen MR) is 106 cm³/mol. The van der Waals surface area contributed by atoms with Gasteiger partial charge in [0.05, 0.1) is 4.21 Å². The largest absolute Gasteiger partial charge is 0.140 e. The highest BCUT2D eigenvalue weighted by Crippen LogP contribution is 2.43. The molecule has 0 saturated heterocycles. The van der Waals surface area contributed by atoms with Gasteiger partial charge in [0.15, 0.2) is 0 Å². The Labute approximate surface area is 151 Å². The minimum absolute atomic E-state index is 1.07. The summed E-state index contributed by atoms with van der Waals surface area (Å²) in [4.78, 5) is 9.40. The van der Waals surface area contributed by atoms with E-state index in [1.165, 1.54) is 34.1 Å². The summed E-state index contributed by atoms with van der Waals surface area (Å²) in [7, 11) is 0. The first-order valence-corrected chi connectivity index (χ1v) is 10.5. The van der Waals surface area contributed by atoms with E-state index >= 15 is 0 Å². The zero-order valence-corrected chi connectivity index (χ0v) is 15.9. The third-order valence-corrected chi connectivity index (χ3v) is 8.34. The Balaban J connectivity index is 1.65. The standard InChI is InChI=1S/C17H12S5/c1-10-2-3-11(19-10)12-4-5-13(20-12)14-6-7-15(21-14)16-8-9-17(18)22-16/h2-9,18H,1H3. The minimum atomic E-state index is 1.07. The van der Waals surface area contributed by atoms with E-state index in [4.69, 9.17) is 0 Å². The second-order valence-corrected chi connectivity index (χ2v) is 10.2. The Hall–Kier alpha value is -0.850. The van der Waals surface area contributed by atoms with E-state index in [1.54, 1.807) is 11.3 Å². The van der Waals surface area contributed by atoms with Gasteiger partial charge in [-0.15, -0.1) is 58.0 Å². The molecule has 0 saturated carbocycles. The first-order valence-electron chi connectivity index (χ1n) is 6.75. The van der Waals surface area contributed by atoms with Crippen LogP contribution in [0.3, 0.4) is 0 Å². The van der Waals surface area contributed by atoms with E-state index < -0.39 is 0 Å². The van der Waals surface area contributed by atoms with E-state index in [0.29, 0.717) is 0 Å². The first-order chi connectivity index (χ1) is 10.7. The lowest BCUT2D eigenvalue weighted by molar-refractivity contribution is 1.64. The normalized spacial score (nSPS) is 11.2. The molecule has 0 fully saturated rings. The third kappa shape index (κ3) is 2.84. The van der Waals surface area contributed by atoms with Gasteiger partial charge in [-0.05, 0) is 55.5 Å². The Morgan fingerprint density at radius 2 is 0.955 bits per heavy atom. The SMILES string of the molecule is Cc1ccc(-c2ccc(-c3ccc(-c4ccc(S)s4)s3)s2)s1. The molecule has 4 aromatic heterocycles. The molecule has 0 aliphatic carbocycles. The van der Waals surface area contributed by atoms with Crippen molar-refractivity contribution in [2.45, 2.75) is 11.1 Å². The second kappa shape index (κ2) is 5.98. The van der Waals surface area contributed by atoms with Gasteiger partial charge >= 0.3 is 0 Å². The van der Waals surface area contributed by atoms with Gasteiger partial charge in [-0.25, -0.2) is 0 Å².